The average molecular weight is 226 g/mol. The van der Waals surface area contributed by atoms with E-state index < -0.39 is 23.6 Å². The molecule has 0 spiro atoms. The fourth-order valence-electron chi connectivity index (χ4n) is 1.19. The second-order valence-electron chi connectivity index (χ2n) is 3.18. The molecule has 0 amide bonds. The number of rotatable bonds is 3. The van der Waals surface area contributed by atoms with Gasteiger partial charge in [0.2, 0.25) is 0 Å². The van der Waals surface area contributed by atoms with Gasteiger partial charge in [-0.15, -0.1) is 0 Å². The zero-order chi connectivity index (χ0) is 12.3. The number of nitrogens with two attached hydrogens (primary N) is 1. The Hall–Kier alpha value is -2.00. The van der Waals surface area contributed by atoms with Gasteiger partial charge in [0.1, 0.15) is 6.04 Å². The standard InChI is InChI=1S/C10H8F2N2O2/c11-7-1-5(3-9(14)10(15)16)6(4-13)2-8(7)12/h1-2,9H,3,14H2,(H,15,16). The van der Waals surface area contributed by atoms with Gasteiger partial charge in [0.15, 0.2) is 11.6 Å². The fourth-order valence-corrected chi connectivity index (χ4v) is 1.19. The minimum atomic E-state index is -1.27. The third-order valence-electron chi connectivity index (χ3n) is 2.02. The fraction of sp³-hybridized carbons (Fsp3) is 0.200. The van der Waals surface area contributed by atoms with E-state index in [0.717, 1.165) is 12.1 Å². The predicted octanol–water partition coefficient (Wildman–Crippen LogP) is 0.791. The summed E-state index contributed by atoms with van der Waals surface area (Å²) < 4.78 is 25.6. The van der Waals surface area contributed by atoms with Gasteiger partial charge in [-0.2, -0.15) is 5.26 Å². The van der Waals surface area contributed by atoms with Crippen LogP contribution in [0, 0.1) is 23.0 Å². The maximum atomic E-state index is 12.9. The van der Waals surface area contributed by atoms with E-state index in [1.807, 2.05) is 0 Å². The van der Waals surface area contributed by atoms with Gasteiger partial charge < -0.3 is 10.8 Å². The molecule has 84 valence electrons. The monoisotopic (exact) mass is 226 g/mol. The Morgan fingerprint density at radius 3 is 2.56 bits per heavy atom. The van der Waals surface area contributed by atoms with Crippen molar-refractivity contribution in [3.8, 4) is 6.07 Å². The number of aliphatic carboxylic acids is 1. The lowest BCUT2D eigenvalue weighted by Crippen LogP contribution is -2.32. The highest BCUT2D eigenvalue weighted by Gasteiger charge is 2.16. The number of halogens is 2. The molecular weight excluding hydrogens is 218 g/mol. The van der Waals surface area contributed by atoms with E-state index >= 15 is 0 Å². The zero-order valence-electron chi connectivity index (χ0n) is 8.08. The third kappa shape index (κ3) is 2.52. The van der Waals surface area contributed by atoms with Crippen LogP contribution in [-0.2, 0) is 11.2 Å². The Balaban J connectivity index is 3.09. The molecule has 0 aliphatic heterocycles. The highest BCUT2D eigenvalue weighted by Crippen LogP contribution is 2.15. The van der Waals surface area contributed by atoms with E-state index in [-0.39, 0.29) is 17.5 Å². The molecule has 1 aromatic rings. The van der Waals surface area contributed by atoms with Gasteiger partial charge in [0.25, 0.3) is 0 Å². The number of nitrogens with zero attached hydrogens (tertiary/aromatic N) is 1. The molecule has 4 nitrogen and oxygen atoms in total. The van der Waals surface area contributed by atoms with Crippen molar-refractivity contribution in [3.63, 3.8) is 0 Å². The van der Waals surface area contributed by atoms with Crippen LogP contribution in [-0.4, -0.2) is 17.1 Å². The van der Waals surface area contributed by atoms with Crippen LogP contribution in [0.5, 0.6) is 0 Å². The van der Waals surface area contributed by atoms with Gasteiger partial charge in [-0.3, -0.25) is 4.79 Å². The molecular formula is C10H8F2N2O2. The molecule has 0 radical (unpaired) electrons. The molecule has 0 heterocycles. The molecule has 1 unspecified atom stereocenters. The van der Waals surface area contributed by atoms with Crippen molar-refractivity contribution in [2.45, 2.75) is 12.5 Å². The lowest BCUT2D eigenvalue weighted by molar-refractivity contribution is -0.138. The zero-order valence-corrected chi connectivity index (χ0v) is 8.08. The van der Waals surface area contributed by atoms with Crippen LogP contribution in [0.25, 0.3) is 0 Å². The highest BCUT2D eigenvalue weighted by molar-refractivity contribution is 5.73. The number of hydrogen-bond donors (Lipinski definition) is 2. The van der Waals surface area contributed by atoms with Gasteiger partial charge in [-0.05, 0) is 24.1 Å². The van der Waals surface area contributed by atoms with Crippen LogP contribution in [0.2, 0.25) is 0 Å². The summed E-state index contributed by atoms with van der Waals surface area (Å²) in [7, 11) is 0. The van der Waals surface area contributed by atoms with Crippen molar-refractivity contribution in [3.05, 3.63) is 34.9 Å². The highest BCUT2D eigenvalue weighted by atomic mass is 19.2. The van der Waals surface area contributed by atoms with E-state index in [1.54, 1.807) is 6.07 Å². The first-order valence-corrected chi connectivity index (χ1v) is 4.32. The number of carbonyl (C=O) groups is 1. The molecule has 3 N–H and O–H groups in total. The molecule has 0 bridgehead atoms. The van der Waals surface area contributed by atoms with Crippen LogP contribution in [0.3, 0.4) is 0 Å². The van der Waals surface area contributed by atoms with Gasteiger partial charge in [0, 0.05) is 0 Å². The first-order valence-electron chi connectivity index (χ1n) is 4.32. The van der Waals surface area contributed by atoms with Crippen LogP contribution in [0.1, 0.15) is 11.1 Å². The molecule has 0 aromatic heterocycles. The number of carboxylic acid groups (broad SMARTS) is 1. The Morgan fingerprint density at radius 2 is 2.06 bits per heavy atom. The first-order chi connectivity index (χ1) is 7.45. The van der Waals surface area contributed by atoms with Crippen molar-refractivity contribution in [1.82, 2.24) is 0 Å². The largest absolute Gasteiger partial charge is 0.480 e. The minimum Gasteiger partial charge on any atom is -0.480 e. The summed E-state index contributed by atoms with van der Waals surface area (Å²) in [5.41, 5.74) is 5.20. The van der Waals surface area contributed by atoms with E-state index in [0.29, 0.717) is 0 Å². The van der Waals surface area contributed by atoms with Gasteiger partial charge in [0.05, 0.1) is 11.6 Å². The maximum Gasteiger partial charge on any atom is 0.320 e. The minimum absolute atomic E-state index is 0.0799. The van der Waals surface area contributed by atoms with Crippen LogP contribution in [0.15, 0.2) is 12.1 Å². The molecule has 16 heavy (non-hydrogen) atoms. The molecule has 0 saturated carbocycles. The number of hydrogen-bond acceptors (Lipinski definition) is 3. The van der Waals surface area contributed by atoms with Crippen LogP contribution < -0.4 is 5.73 Å². The van der Waals surface area contributed by atoms with Crippen molar-refractivity contribution in [2.75, 3.05) is 0 Å². The topological polar surface area (TPSA) is 87.1 Å². The Labute approximate surface area is 89.9 Å². The predicted molar refractivity (Wildman–Crippen MR) is 50.4 cm³/mol. The van der Waals surface area contributed by atoms with Gasteiger partial charge in [-0.25, -0.2) is 8.78 Å². The molecule has 0 aliphatic rings. The van der Waals surface area contributed by atoms with Crippen molar-refractivity contribution in [1.29, 1.82) is 5.26 Å². The molecule has 1 rings (SSSR count). The second-order valence-corrected chi connectivity index (χ2v) is 3.18. The summed E-state index contributed by atoms with van der Waals surface area (Å²) in [6.07, 6.45) is -0.227. The smallest absolute Gasteiger partial charge is 0.320 e. The van der Waals surface area contributed by atoms with Gasteiger partial charge >= 0.3 is 5.97 Å². The summed E-state index contributed by atoms with van der Waals surface area (Å²) in [6.45, 7) is 0. The number of carboxylic acids is 1. The molecule has 0 aliphatic carbocycles. The molecule has 6 heteroatoms. The summed E-state index contributed by atoms with van der Waals surface area (Å²) in [5.74, 6) is -3.55. The van der Waals surface area contributed by atoms with E-state index in [9.17, 15) is 13.6 Å². The third-order valence-corrected chi connectivity index (χ3v) is 2.02. The molecule has 1 atom stereocenters. The van der Waals surface area contributed by atoms with Crippen molar-refractivity contribution < 1.29 is 18.7 Å². The molecule has 1 aromatic carbocycles. The number of nitriles is 1. The molecule has 0 saturated heterocycles. The van der Waals surface area contributed by atoms with Crippen molar-refractivity contribution >= 4 is 5.97 Å². The normalized spacial score (nSPS) is 11.9. The first kappa shape index (κ1) is 12.1. The molecule has 0 fully saturated rings. The average Bonchev–Trinajstić information content (AvgIpc) is 2.22. The van der Waals surface area contributed by atoms with E-state index in [4.69, 9.17) is 16.1 Å². The van der Waals surface area contributed by atoms with Crippen molar-refractivity contribution in [2.24, 2.45) is 5.73 Å². The SMILES string of the molecule is N#Cc1cc(F)c(F)cc1CC(N)C(=O)O. The quantitative estimate of drug-likeness (QED) is 0.797. The van der Waals surface area contributed by atoms with E-state index in [2.05, 4.69) is 0 Å². The summed E-state index contributed by atoms with van der Waals surface area (Å²) in [5, 5.41) is 17.2. The van der Waals surface area contributed by atoms with Gasteiger partial charge in [-0.1, -0.05) is 0 Å². The van der Waals surface area contributed by atoms with Crippen LogP contribution >= 0.6 is 0 Å². The van der Waals surface area contributed by atoms with Crippen LogP contribution in [0.4, 0.5) is 8.78 Å². The number of benzene rings is 1. The summed E-state index contributed by atoms with van der Waals surface area (Å²) in [4.78, 5) is 10.5. The second kappa shape index (κ2) is 4.68. The Kier molecular flexibility index (Phi) is 3.53. The lowest BCUT2D eigenvalue weighted by atomic mass is 10.0. The van der Waals surface area contributed by atoms with E-state index in [1.165, 1.54) is 0 Å². The summed E-state index contributed by atoms with van der Waals surface area (Å²) in [6, 6.07) is 1.91. The Bertz CT molecular complexity index is 469. The maximum absolute atomic E-state index is 12.9. The summed E-state index contributed by atoms with van der Waals surface area (Å²) >= 11 is 0. The lowest BCUT2D eigenvalue weighted by Gasteiger charge is -2.08. The Morgan fingerprint density at radius 1 is 1.50 bits per heavy atom.